The second kappa shape index (κ2) is 3.21. The van der Waals surface area contributed by atoms with Crippen LogP contribution in [0.3, 0.4) is 0 Å². The lowest BCUT2D eigenvalue weighted by molar-refractivity contribution is 0.697. The van der Waals surface area contributed by atoms with Gasteiger partial charge in [0.05, 0.1) is 11.9 Å². The van der Waals surface area contributed by atoms with Crippen molar-refractivity contribution in [3.05, 3.63) is 22.9 Å². The molecule has 1 aliphatic heterocycles. The molecule has 2 atom stereocenters. The van der Waals surface area contributed by atoms with Gasteiger partial charge in [-0.25, -0.2) is 0 Å². The highest BCUT2D eigenvalue weighted by atomic mass is 79.9. The highest BCUT2D eigenvalue weighted by Gasteiger charge is 2.52. The smallest absolute Gasteiger partial charge is 0.0540 e. The van der Waals surface area contributed by atoms with Crippen LogP contribution in [0.4, 0.5) is 5.69 Å². The van der Waals surface area contributed by atoms with Gasteiger partial charge in [-0.2, -0.15) is 0 Å². The third-order valence-corrected chi connectivity index (χ3v) is 3.56. The van der Waals surface area contributed by atoms with Gasteiger partial charge >= 0.3 is 0 Å². The summed E-state index contributed by atoms with van der Waals surface area (Å²) < 4.78 is 1.03. The fourth-order valence-electron chi connectivity index (χ4n) is 2.32. The number of halogens is 1. The molecule has 2 fully saturated rings. The van der Waals surface area contributed by atoms with Crippen LogP contribution < -0.4 is 10.6 Å². The molecule has 1 aromatic rings. The minimum Gasteiger partial charge on any atom is -0.380 e. The molecule has 1 aliphatic carbocycles. The summed E-state index contributed by atoms with van der Waals surface area (Å²) in [6.07, 6.45) is 3.69. The summed E-state index contributed by atoms with van der Waals surface area (Å²) in [5.74, 6) is 1.68. The van der Waals surface area contributed by atoms with E-state index in [2.05, 4.69) is 37.6 Å². The molecule has 4 heteroatoms. The standard InChI is InChI=1S/C10H12BrN3/c11-6-1-7(3-12-2-6)14-10-8-4-13-5-9(8)10/h1-3,8-10,13-14H,4-5H2. The van der Waals surface area contributed by atoms with Crippen LogP contribution >= 0.6 is 15.9 Å². The van der Waals surface area contributed by atoms with Crippen LogP contribution in [0, 0.1) is 11.8 Å². The van der Waals surface area contributed by atoms with Gasteiger partial charge in [0.25, 0.3) is 0 Å². The van der Waals surface area contributed by atoms with Crippen molar-refractivity contribution in [3.8, 4) is 0 Å². The van der Waals surface area contributed by atoms with Gasteiger partial charge in [-0.15, -0.1) is 0 Å². The number of pyridine rings is 1. The molecule has 1 aromatic heterocycles. The van der Waals surface area contributed by atoms with Gasteiger partial charge < -0.3 is 10.6 Å². The number of hydrogen-bond acceptors (Lipinski definition) is 3. The molecular weight excluding hydrogens is 242 g/mol. The minimum atomic E-state index is 0.673. The monoisotopic (exact) mass is 253 g/mol. The van der Waals surface area contributed by atoms with Crippen LogP contribution in [0.25, 0.3) is 0 Å². The Morgan fingerprint density at radius 3 is 2.86 bits per heavy atom. The number of aromatic nitrogens is 1. The van der Waals surface area contributed by atoms with E-state index in [1.807, 2.05) is 6.20 Å². The second-order valence-electron chi connectivity index (χ2n) is 4.05. The Hall–Kier alpha value is -0.610. The highest BCUT2D eigenvalue weighted by Crippen LogP contribution is 2.43. The number of anilines is 1. The van der Waals surface area contributed by atoms with Gasteiger partial charge in [0.1, 0.15) is 0 Å². The maximum Gasteiger partial charge on any atom is 0.0540 e. The number of rotatable bonds is 2. The van der Waals surface area contributed by atoms with Gasteiger partial charge in [0.15, 0.2) is 0 Å². The van der Waals surface area contributed by atoms with Crippen molar-refractivity contribution in [3.63, 3.8) is 0 Å². The summed E-state index contributed by atoms with van der Waals surface area (Å²) >= 11 is 3.42. The molecule has 2 heterocycles. The van der Waals surface area contributed by atoms with E-state index < -0.39 is 0 Å². The van der Waals surface area contributed by atoms with Gasteiger partial charge in [0.2, 0.25) is 0 Å². The lowest BCUT2D eigenvalue weighted by Gasteiger charge is -2.08. The Balaban J connectivity index is 1.68. The van der Waals surface area contributed by atoms with E-state index in [0.717, 1.165) is 22.0 Å². The number of piperidine rings is 1. The van der Waals surface area contributed by atoms with Crippen molar-refractivity contribution in [1.29, 1.82) is 0 Å². The van der Waals surface area contributed by atoms with E-state index in [1.54, 1.807) is 6.20 Å². The molecule has 0 amide bonds. The lowest BCUT2D eigenvalue weighted by Crippen LogP contribution is -2.21. The average molecular weight is 254 g/mol. The molecule has 3 rings (SSSR count). The van der Waals surface area contributed by atoms with Crippen molar-refractivity contribution in [1.82, 2.24) is 10.3 Å². The zero-order valence-electron chi connectivity index (χ0n) is 7.70. The predicted octanol–water partition coefficient (Wildman–Crippen LogP) is 1.47. The van der Waals surface area contributed by atoms with Crippen molar-refractivity contribution in [2.24, 2.45) is 11.8 Å². The predicted molar refractivity (Wildman–Crippen MR) is 59.2 cm³/mol. The molecule has 0 spiro atoms. The van der Waals surface area contributed by atoms with E-state index in [9.17, 15) is 0 Å². The van der Waals surface area contributed by atoms with Crippen molar-refractivity contribution >= 4 is 21.6 Å². The molecular formula is C10H12BrN3. The summed E-state index contributed by atoms with van der Waals surface area (Å²) in [5, 5.41) is 6.91. The van der Waals surface area contributed by atoms with E-state index in [0.29, 0.717) is 6.04 Å². The van der Waals surface area contributed by atoms with Gasteiger partial charge in [-0.1, -0.05) is 0 Å². The Bertz CT molecular complexity index is 345. The van der Waals surface area contributed by atoms with Crippen LogP contribution in [0.2, 0.25) is 0 Å². The fraction of sp³-hybridized carbons (Fsp3) is 0.500. The zero-order chi connectivity index (χ0) is 9.54. The van der Waals surface area contributed by atoms with Crippen LogP contribution in [-0.2, 0) is 0 Å². The van der Waals surface area contributed by atoms with Crippen LogP contribution in [0.15, 0.2) is 22.9 Å². The van der Waals surface area contributed by atoms with Crippen LogP contribution in [0.1, 0.15) is 0 Å². The summed E-state index contributed by atoms with van der Waals surface area (Å²) in [5.41, 5.74) is 1.12. The molecule has 2 unspecified atom stereocenters. The van der Waals surface area contributed by atoms with Crippen molar-refractivity contribution in [2.75, 3.05) is 18.4 Å². The molecule has 74 valence electrons. The molecule has 3 nitrogen and oxygen atoms in total. The van der Waals surface area contributed by atoms with Crippen molar-refractivity contribution in [2.45, 2.75) is 6.04 Å². The molecule has 0 aromatic carbocycles. The number of fused-ring (bicyclic) bond motifs is 1. The Morgan fingerprint density at radius 2 is 2.14 bits per heavy atom. The first-order valence-electron chi connectivity index (χ1n) is 4.92. The third kappa shape index (κ3) is 1.42. The molecule has 1 saturated heterocycles. The van der Waals surface area contributed by atoms with E-state index in [1.165, 1.54) is 13.1 Å². The first-order chi connectivity index (χ1) is 6.84. The van der Waals surface area contributed by atoms with Crippen LogP contribution in [0.5, 0.6) is 0 Å². The second-order valence-corrected chi connectivity index (χ2v) is 4.96. The minimum absolute atomic E-state index is 0.673. The molecule has 1 saturated carbocycles. The average Bonchev–Trinajstić information content (AvgIpc) is 2.62. The molecule has 2 N–H and O–H groups in total. The SMILES string of the molecule is Brc1cncc(NC2C3CNCC32)c1. The van der Waals surface area contributed by atoms with Crippen molar-refractivity contribution < 1.29 is 0 Å². The Labute approximate surface area is 91.4 Å². The molecule has 0 radical (unpaired) electrons. The number of hydrogen-bond donors (Lipinski definition) is 2. The lowest BCUT2D eigenvalue weighted by atomic mass is 10.3. The maximum atomic E-state index is 4.13. The maximum absolute atomic E-state index is 4.13. The Kier molecular flexibility index (Phi) is 1.99. The topological polar surface area (TPSA) is 37.0 Å². The quantitative estimate of drug-likeness (QED) is 0.839. The summed E-state index contributed by atoms with van der Waals surface area (Å²) in [7, 11) is 0. The molecule has 2 aliphatic rings. The van der Waals surface area contributed by atoms with E-state index in [-0.39, 0.29) is 0 Å². The fourth-order valence-corrected chi connectivity index (χ4v) is 2.68. The first-order valence-corrected chi connectivity index (χ1v) is 5.72. The van der Waals surface area contributed by atoms with E-state index >= 15 is 0 Å². The number of nitrogens with zero attached hydrogens (tertiary/aromatic N) is 1. The summed E-state index contributed by atoms with van der Waals surface area (Å²) in [4.78, 5) is 4.13. The van der Waals surface area contributed by atoms with Crippen LogP contribution in [-0.4, -0.2) is 24.1 Å². The molecule has 0 bridgehead atoms. The van der Waals surface area contributed by atoms with Gasteiger partial charge in [-0.05, 0) is 33.8 Å². The summed E-state index contributed by atoms with van der Waals surface area (Å²) in [6, 6.07) is 2.75. The number of nitrogens with one attached hydrogen (secondary N) is 2. The zero-order valence-corrected chi connectivity index (χ0v) is 9.29. The largest absolute Gasteiger partial charge is 0.380 e. The normalized spacial score (nSPS) is 33.9. The van der Waals surface area contributed by atoms with Gasteiger partial charge in [-0.3, -0.25) is 4.98 Å². The van der Waals surface area contributed by atoms with Gasteiger partial charge in [0, 0.05) is 29.8 Å². The first kappa shape index (κ1) is 8.68. The Morgan fingerprint density at radius 1 is 1.36 bits per heavy atom. The molecule has 14 heavy (non-hydrogen) atoms. The highest BCUT2D eigenvalue weighted by molar-refractivity contribution is 9.10. The summed E-state index contributed by atoms with van der Waals surface area (Å²) in [6.45, 7) is 2.34. The van der Waals surface area contributed by atoms with E-state index in [4.69, 9.17) is 0 Å². The third-order valence-electron chi connectivity index (χ3n) is 3.13.